The fraction of sp³-hybridized carbons (Fsp3) is 0.136. The number of carbonyl (C=O) groups excluding carboxylic acids is 2. The molecular weight excluding hydrogens is 370 g/mol. The van der Waals surface area contributed by atoms with Gasteiger partial charge in [0.25, 0.3) is 5.91 Å². The molecule has 2 N–H and O–H groups in total. The molecule has 0 aliphatic rings. The van der Waals surface area contributed by atoms with E-state index in [-0.39, 0.29) is 11.6 Å². The largest absolute Gasteiger partial charge is 0.496 e. The Kier molecular flexibility index (Phi) is 6.42. The summed E-state index contributed by atoms with van der Waals surface area (Å²) in [7, 11) is 2.92. The molecule has 0 atom stereocenters. The van der Waals surface area contributed by atoms with Gasteiger partial charge in [-0.15, -0.1) is 0 Å². The van der Waals surface area contributed by atoms with Crippen molar-refractivity contribution in [3.8, 4) is 5.75 Å². The molecule has 0 bridgehead atoms. The summed E-state index contributed by atoms with van der Waals surface area (Å²) >= 11 is 0. The van der Waals surface area contributed by atoms with Crippen LogP contribution in [0.5, 0.6) is 5.75 Å². The van der Waals surface area contributed by atoms with Gasteiger partial charge in [-0.05, 0) is 30.3 Å². The highest BCUT2D eigenvalue weighted by molar-refractivity contribution is 5.96. The van der Waals surface area contributed by atoms with Gasteiger partial charge in [0.2, 0.25) is 0 Å². The predicted molar refractivity (Wildman–Crippen MR) is 109 cm³/mol. The van der Waals surface area contributed by atoms with Crippen LogP contribution in [0.25, 0.3) is 0 Å². The summed E-state index contributed by atoms with van der Waals surface area (Å²) in [5, 5.41) is 5.94. The van der Waals surface area contributed by atoms with Crippen molar-refractivity contribution >= 4 is 23.3 Å². The average Bonchev–Trinajstić information content (AvgIpc) is 2.78. The van der Waals surface area contributed by atoms with Crippen LogP contribution in [0, 0.1) is 0 Å². The van der Waals surface area contributed by atoms with Gasteiger partial charge < -0.3 is 20.1 Å². The lowest BCUT2D eigenvalue weighted by Gasteiger charge is -2.11. The highest BCUT2D eigenvalue weighted by atomic mass is 16.5. The molecule has 7 heteroatoms. The van der Waals surface area contributed by atoms with Crippen molar-refractivity contribution in [2.45, 2.75) is 6.54 Å². The second-order valence-electron chi connectivity index (χ2n) is 6.09. The number of aromatic nitrogens is 1. The number of esters is 1. The molecule has 29 heavy (non-hydrogen) atoms. The maximum Gasteiger partial charge on any atom is 0.339 e. The van der Waals surface area contributed by atoms with E-state index in [4.69, 9.17) is 9.47 Å². The summed E-state index contributed by atoms with van der Waals surface area (Å²) < 4.78 is 10.1. The monoisotopic (exact) mass is 391 g/mol. The number of methoxy groups -OCH3 is 2. The Bertz CT molecular complexity index is 1000. The number of nitrogens with one attached hydrogen (secondary N) is 2. The first-order valence-corrected chi connectivity index (χ1v) is 8.93. The van der Waals surface area contributed by atoms with Crippen LogP contribution in [0.3, 0.4) is 0 Å². The van der Waals surface area contributed by atoms with Gasteiger partial charge in [0.1, 0.15) is 11.4 Å². The second kappa shape index (κ2) is 9.36. The van der Waals surface area contributed by atoms with Crippen molar-refractivity contribution in [2.75, 3.05) is 19.5 Å². The van der Waals surface area contributed by atoms with E-state index in [1.54, 1.807) is 37.4 Å². The van der Waals surface area contributed by atoms with Gasteiger partial charge in [-0.2, -0.15) is 0 Å². The quantitative estimate of drug-likeness (QED) is 0.599. The maximum absolute atomic E-state index is 12.4. The number of ether oxygens (including phenoxy) is 2. The number of hydrogen-bond donors (Lipinski definition) is 2. The van der Waals surface area contributed by atoms with Crippen molar-refractivity contribution in [3.05, 3.63) is 83.7 Å². The smallest absolute Gasteiger partial charge is 0.339 e. The zero-order chi connectivity index (χ0) is 20.6. The number of pyridine rings is 1. The molecular formula is C22H21N3O4. The van der Waals surface area contributed by atoms with E-state index in [0.717, 1.165) is 5.56 Å². The Morgan fingerprint density at radius 1 is 0.966 bits per heavy atom. The Morgan fingerprint density at radius 3 is 2.45 bits per heavy atom. The number of nitrogens with zero attached hydrogens (tertiary/aromatic N) is 1. The average molecular weight is 391 g/mol. The molecule has 0 saturated heterocycles. The number of amides is 1. The molecule has 1 amide bonds. The summed E-state index contributed by atoms with van der Waals surface area (Å²) in [6.07, 6.45) is 1.53. The molecule has 2 aromatic carbocycles. The summed E-state index contributed by atoms with van der Waals surface area (Å²) in [6, 6.07) is 17.8. The minimum atomic E-state index is -0.437. The minimum Gasteiger partial charge on any atom is -0.496 e. The highest BCUT2D eigenvalue weighted by Gasteiger charge is 2.12. The molecule has 3 rings (SSSR count). The molecule has 0 radical (unpaired) electrons. The molecule has 3 aromatic rings. The molecule has 148 valence electrons. The van der Waals surface area contributed by atoms with E-state index in [9.17, 15) is 9.59 Å². The lowest BCUT2D eigenvalue weighted by molar-refractivity contribution is 0.0601. The fourth-order valence-electron chi connectivity index (χ4n) is 2.75. The molecule has 0 unspecified atom stereocenters. The standard InChI is InChI=1S/C22H21N3O4/c1-28-20-10-6-3-7-15(20)13-24-21(26)19-12-11-16(14-23-19)25-18-9-5-4-8-17(18)22(27)29-2/h3-12,14,25H,13H2,1-2H3,(H,24,26). The number of para-hydroxylation sites is 2. The summed E-state index contributed by atoms with van der Waals surface area (Å²) in [5.41, 5.74) is 2.80. The molecule has 1 aromatic heterocycles. The predicted octanol–water partition coefficient (Wildman–Crippen LogP) is 3.55. The first-order chi connectivity index (χ1) is 14.1. The third-order valence-electron chi connectivity index (χ3n) is 4.24. The van der Waals surface area contributed by atoms with Crippen molar-refractivity contribution < 1.29 is 19.1 Å². The summed E-state index contributed by atoms with van der Waals surface area (Å²) in [6.45, 7) is 0.330. The van der Waals surface area contributed by atoms with Gasteiger partial charge >= 0.3 is 5.97 Å². The van der Waals surface area contributed by atoms with Crippen molar-refractivity contribution in [1.82, 2.24) is 10.3 Å². The van der Waals surface area contributed by atoms with Crippen LogP contribution in [0.2, 0.25) is 0 Å². The van der Waals surface area contributed by atoms with E-state index >= 15 is 0 Å². The number of anilines is 2. The second-order valence-corrected chi connectivity index (χ2v) is 6.09. The lowest BCUT2D eigenvalue weighted by atomic mass is 10.1. The van der Waals surface area contributed by atoms with E-state index in [1.165, 1.54) is 13.3 Å². The molecule has 0 fully saturated rings. The van der Waals surface area contributed by atoms with Crippen molar-refractivity contribution in [1.29, 1.82) is 0 Å². The number of hydrogen-bond acceptors (Lipinski definition) is 6. The zero-order valence-electron chi connectivity index (χ0n) is 16.1. The van der Waals surface area contributed by atoms with Crippen LogP contribution >= 0.6 is 0 Å². The van der Waals surface area contributed by atoms with Crippen LogP contribution in [0.1, 0.15) is 26.4 Å². The summed E-state index contributed by atoms with van der Waals surface area (Å²) in [4.78, 5) is 28.4. The van der Waals surface area contributed by atoms with E-state index in [0.29, 0.717) is 29.2 Å². The highest BCUT2D eigenvalue weighted by Crippen LogP contribution is 2.21. The molecule has 0 aliphatic heterocycles. The van der Waals surface area contributed by atoms with Crippen LogP contribution in [0.15, 0.2) is 66.9 Å². The van der Waals surface area contributed by atoms with Crippen LogP contribution in [-0.4, -0.2) is 31.1 Å². The number of rotatable bonds is 7. The topological polar surface area (TPSA) is 89.5 Å². The molecule has 0 saturated carbocycles. The summed E-state index contributed by atoms with van der Waals surface area (Å²) in [5.74, 6) is -0.0182. The Labute approximate surface area is 168 Å². The first-order valence-electron chi connectivity index (χ1n) is 8.93. The van der Waals surface area contributed by atoms with Gasteiger partial charge in [0.15, 0.2) is 0 Å². The van der Waals surface area contributed by atoms with Crippen LogP contribution in [0.4, 0.5) is 11.4 Å². The van der Waals surface area contributed by atoms with Crippen LogP contribution < -0.4 is 15.4 Å². The van der Waals surface area contributed by atoms with Gasteiger partial charge in [0, 0.05) is 12.1 Å². The Balaban J connectivity index is 1.66. The van der Waals surface area contributed by atoms with E-state index in [1.807, 2.05) is 30.3 Å². The van der Waals surface area contributed by atoms with Gasteiger partial charge in [-0.25, -0.2) is 9.78 Å². The van der Waals surface area contributed by atoms with E-state index < -0.39 is 5.97 Å². The van der Waals surface area contributed by atoms with Gasteiger partial charge in [-0.1, -0.05) is 30.3 Å². The first kappa shape index (κ1) is 19.9. The number of benzene rings is 2. The Morgan fingerprint density at radius 2 is 1.72 bits per heavy atom. The minimum absolute atomic E-state index is 0.284. The zero-order valence-corrected chi connectivity index (χ0v) is 16.1. The maximum atomic E-state index is 12.4. The van der Waals surface area contributed by atoms with Crippen molar-refractivity contribution in [2.24, 2.45) is 0 Å². The third kappa shape index (κ3) is 4.90. The molecule has 7 nitrogen and oxygen atoms in total. The van der Waals surface area contributed by atoms with Gasteiger partial charge in [0.05, 0.1) is 37.4 Å². The SMILES string of the molecule is COC(=O)c1ccccc1Nc1ccc(C(=O)NCc2ccccc2OC)nc1. The van der Waals surface area contributed by atoms with Gasteiger partial charge in [-0.3, -0.25) is 4.79 Å². The third-order valence-corrected chi connectivity index (χ3v) is 4.24. The lowest BCUT2D eigenvalue weighted by Crippen LogP contribution is -2.24. The number of carbonyl (C=O) groups is 2. The molecule has 0 spiro atoms. The van der Waals surface area contributed by atoms with Crippen molar-refractivity contribution in [3.63, 3.8) is 0 Å². The normalized spacial score (nSPS) is 10.1. The Hall–Kier alpha value is -3.87. The molecule has 0 aliphatic carbocycles. The fourth-order valence-corrected chi connectivity index (χ4v) is 2.75. The van der Waals surface area contributed by atoms with Crippen LogP contribution in [-0.2, 0) is 11.3 Å². The van der Waals surface area contributed by atoms with E-state index in [2.05, 4.69) is 15.6 Å². The molecule has 1 heterocycles.